The molecule has 7 heteroatoms. The van der Waals surface area contributed by atoms with Crippen molar-refractivity contribution in [3.63, 3.8) is 0 Å². The maximum atomic E-state index is 11.9. The summed E-state index contributed by atoms with van der Waals surface area (Å²) in [5, 5.41) is 6.95. The molecular weight excluding hydrogens is 354 g/mol. The van der Waals surface area contributed by atoms with Gasteiger partial charge < -0.3 is 25.2 Å². The highest BCUT2D eigenvalue weighted by Crippen LogP contribution is 2.24. The van der Waals surface area contributed by atoms with Gasteiger partial charge in [0.15, 0.2) is 5.96 Å². The summed E-state index contributed by atoms with van der Waals surface area (Å²) < 4.78 is 5.36. The van der Waals surface area contributed by atoms with Gasteiger partial charge in [0.1, 0.15) is 12.3 Å². The van der Waals surface area contributed by atoms with Gasteiger partial charge in [-0.15, -0.1) is 0 Å². The predicted octanol–water partition coefficient (Wildman–Crippen LogP) is 2.09. The molecule has 1 aromatic rings. The van der Waals surface area contributed by atoms with Crippen LogP contribution in [0.4, 0.5) is 5.69 Å². The fourth-order valence-electron chi connectivity index (χ4n) is 3.09. The fourth-order valence-corrected chi connectivity index (χ4v) is 3.09. The van der Waals surface area contributed by atoms with Crippen molar-refractivity contribution in [2.75, 3.05) is 45.7 Å². The molecule has 28 heavy (non-hydrogen) atoms. The monoisotopic (exact) mass is 389 g/mol. The number of hydrogen-bond acceptors (Lipinski definition) is 4. The SMILES string of the molecule is CCC(C)NC(=NCC(=O)N(C)C)NC1CCCN(c2cccc(OC)c2)C1. The molecule has 2 atom stereocenters. The minimum atomic E-state index is -0.00750. The summed E-state index contributed by atoms with van der Waals surface area (Å²) in [5.41, 5.74) is 1.17. The second-order valence-electron chi connectivity index (χ2n) is 7.54. The van der Waals surface area contributed by atoms with Gasteiger partial charge in [0.25, 0.3) is 0 Å². The number of nitrogens with zero attached hydrogens (tertiary/aromatic N) is 3. The van der Waals surface area contributed by atoms with Crippen molar-refractivity contribution < 1.29 is 9.53 Å². The number of carbonyl (C=O) groups excluding carboxylic acids is 1. The number of ether oxygens (including phenoxy) is 1. The molecule has 0 aliphatic carbocycles. The summed E-state index contributed by atoms with van der Waals surface area (Å²) >= 11 is 0. The highest BCUT2D eigenvalue weighted by Gasteiger charge is 2.22. The number of rotatable bonds is 7. The predicted molar refractivity (Wildman–Crippen MR) is 115 cm³/mol. The molecule has 1 aromatic carbocycles. The maximum absolute atomic E-state index is 11.9. The van der Waals surface area contributed by atoms with Gasteiger partial charge >= 0.3 is 0 Å². The Bertz CT molecular complexity index is 662. The Morgan fingerprint density at radius 3 is 2.89 bits per heavy atom. The first kappa shape index (κ1) is 21.9. The first-order valence-electron chi connectivity index (χ1n) is 10.1. The Kier molecular flexibility index (Phi) is 8.42. The van der Waals surface area contributed by atoms with Crippen molar-refractivity contribution in [1.82, 2.24) is 15.5 Å². The van der Waals surface area contributed by atoms with Crippen molar-refractivity contribution in [3.8, 4) is 5.75 Å². The molecular formula is C21H35N5O2. The fraction of sp³-hybridized carbons (Fsp3) is 0.619. The van der Waals surface area contributed by atoms with Gasteiger partial charge in [-0.05, 0) is 38.3 Å². The molecule has 1 aliphatic heterocycles. The van der Waals surface area contributed by atoms with Gasteiger partial charge in [0.05, 0.1) is 7.11 Å². The standard InChI is InChI=1S/C21H35N5O2/c1-6-16(2)23-21(22-14-20(27)25(3)4)24-17-9-8-12-26(15-17)18-10-7-11-19(13-18)28-5/h7,10-11,13,16-17H,6,8-9,12,14-15H2,1-5H3,(H2,22,23,24). The number of piperidine rings is 1. The number of aliphatic imine (C=N–C) groups is 1. The van der Waals surface area contributed by atoms with Gasteiger partial charge in [0.2, 0.25) is 5.91 Å². The number of methoxy groups -OCH3 is 1. The van der Waals surface area contributed by atoms with Crippen LogP contribution >= 0.6 is 0 Å². The highest BCUT2D eigenvalue weighted by molar-refractivity contribution is 5.85. The first-order valence-corrected chi connectivity index (χ1v) is 10.1. The summed E-state index contributed by atoms with van der Waals surface area (Å²) in [7, 11) is 5.19. The molecule has 156 valence electrons. The smallest absolute Gasteiger partial charge is 0.243 e. The van der Waals surface area contributed by atoms with Crippen LogP contribution in [0.15, 0.2) is 29.3 Å². The van der Waals surface area contributed by atoms with Crippen LogP contribution in [-0.2, 0) is 4.79 Å². The second kappa shape index (κ2) is 10.8. The highest BCUT2D eigenvalue weighted by atomic mass is 16.5. The van der Waals surface area contributed by atoms with Crippen molar-refractivity contribution >= 4 is 17.6 Å². The number of benzene rings is 1. The molecule has 1 saturated heterocycles. The lowest BCUT2D eigenvalue weighted by molar-refractivity contribution is -0.127. The Hall–Kier alpha value is -2.44. The van der Waals surface area contributed by atoms with E-state index in [-0.39, 0.29) is 18.5 Å². The molecule has 0 aromatic heterocycles. The van der Waals surface area contributed by atoms with E-state index in [0.717, 1.165) is 38.1 Å². The Morgan fingerprint density at radius 1 is 1.43 bits per heavy atom. The van der Waals surface area contributed by atoms with Crippen LogP contribution in [0.3, 0.4) is 0 Å². The van der Waals surface area contributed by atoms with Crippen molar-refractivity contribution in [1.29, 1.82) is 0 Å². The van der Waals surface area contributed by atoms with Gasteiger partial charge in [-0.2, -0.15) is 0 Å². The number of amides is 1. The van der Waals surface area contributed by atoms with Crippen molar-refractivity contribution in [3.05, 3.63) is 24.3 Å². The molecule has 0 bridgehead atoms. The van der Waals surface area contributed by atoms with Crippen LogP contribution in [0.1, 0.15) is 33.1 Å². The third kappa shape index (κ3) is 6.62. The third-order valence-corrected chi connectivity index (χ3v) is 5.05. The van der Waals surface area contributed by atoms with Crippen LogP contribution in [-0.4, -0.2) is 69.7 Å². The van der Waals surface area contributed by atoms with E-state index in [9.17, 15) is 4.79 Å². The van der Waals surface area contributed by atoms with E-state index in [1.54, 1.807) is 26.1 Å². The lowest BCUT2D eigenvalue weighted by Gasteiger charge is -2.36. The summed E-state index contributed by atoms with van der Waals surface area (Å²) in [4.78, 5) is 20.4. The molecule has 0 radical (unpaired) electrons. The quantitative estimate of drug-likeness (QED) is 0.552. The Labute approximate surface area is 169 Å². The number of nitrogens with one attached hydrogen (secondary N) is 2. The number of carbonyl (C=O) groups is 1. The number of likely N-dealkylation sites (N-methyl/N-ethyl adjacent to an activating group) is 1. The maximum Gasteiger partial charge on any atom is 0.243 e. The average Bonchev–Trinajstić information content (AvgIpc) is 2.71. The average molecular weight is 390 g/mol. The van der Waals surface area contributed by atoms with Crippen LogP contribution in [0.25, 0.3) is 0 Å². The van der Waals surface area contributed by atoms with Crippen LogP contribution in [0, 0.1) is 0 Å². The molecule has 1 fully saturated rings. The van der Waals surface area contributed by atoms with Crippen molar-refractivity contribution in [2.45, 2.75) is 45.2 Å². The van der Waals surface area contributed by atoms with Gasteiger partial charge in [-0.1, -0.05) is 13.0 Å². The van der Waals surface area contributed by atoms with E-state index in [2.05, 4.69) is 46.5 Å². The molecule has 0 spiro atoms. The molecule has 7 nitrogen and oxygen atoms in total. The van der Waals surface area contributed by atoms with Gasteiger partial charge in [-0.25, -0.2) is 4.99 Å². The molecule has 0 saturated carbocycles. The molecule has 2 unspecified atom stereocenters. The number of hydrogen-bond donors (Lipinski definition) is 2. The van der Waals surface area contributed by atoms with Gasteiger partial charge in [0, 0.05) is 51.0 Å². The lowest BCUT2D eigenvalue weighted by Crippen LogP contribution is -2.53. The summed E-state index contributed by atoms with van der Waals surface area (Å²) in [6.45, 7) is 6.30. The van der Waals surface area contributed by atoms with Crippen LogP contribution in [0.5, 0.6) is 5.75 Å². The zero-order valence-corrected chi connectivity index (χ0v) is 17.9. The van der Waals surface area contributed by atoms with Gasteiger partial charge in [-0.3, -0.25) is 4.79 Å². The zero-order chi connectivity index (χ0) is 20.5. The largest absolute Gasteiger partial charge is 0.497 e. The Morgan fingerprint density at radius 2 is 2.21 bits per heavy atom. The molecule has 1 amide bonds. The minimum absolute atomic E-state index is 0.00750. The first-order chi connectivity index (χ1) is 13.4. The number of anilines is 1. The lowest BCUT2D eigenvalue weighted by atomic mass is 10.0. The molecule has 2 rings (SSSR count). The minimum Gasteiger partial charge on any atom is -0.497 e. The summed E-state index contributed by atoms with van der Waals surface area (Å²) in [6.07, 6.45) is 3.16. The molecule has 1 aliphatic rings. The van der Waals surface area contributed by atoms with E-state index in [4.69, 9.17) is 4.74 Å². The second-order valence-corrected chi connectivity index (χ2v) is 7.54. The van der Waals surface area contributed by atoms with Crippen molar-refractivity contribution in [2.24, 2.45) is 4.99 Å². The molecule has 2 N–H and O–H groups in total. The van der Waals surface area contributed by atoms with Crippen LogP contribution < -0.4 is 20.3 Å². The van der Waals surface area contributed by atoms with E-state index in [1.807, 2.05) is 12.1 Å². The van der Waals surface area contributed by atoms with E-state index < -0.39 is 0 Å². The third-order valence-electron chi connectivity index (χ3n) is 5.05. The normalized spacial score (nSPS) is 18.4. The zero-order valence-electron chi connectivity index (χ0n) is 17.9. The van der Waals surface area contributed by atoms with E-state index in [1.165, 1.54) is 5.69 Å². The van der Waals surface area contributed by atoms with E-state index >= 15 is 0 Å². The van der Waals surface area contributed by atoms with E-state index in [0.29, 0.717) is 12.0 Å². The molecule has 1 heterocycles. The number of guanidine groups is 1. The Balaban J connectivity index is 2.05. The topological polar surface area (TPSA) is 69.2 Å². The van der Waals surface area contributed by atoms with Crippen LogP contribution in [0.2, 0.25) is 0 Å². The summed E-state index contributed by atoms with van der Waals surface area (Å²) in [5.74, 6) is 1.57. The summed E-state index contributed by atoms with van der Waals surface area (Å²) in [6, 6.07) is 8.74.